The van der Waals surface area contributed by atoms with Crippen molar-refractivity contribution in [1.29, 1.82) is 0 Å². The molecule has 7 heteroatoms. The first-order valence-electron chi connectivity index (χ1n) is 6.44. The van der Waals surface area contributed by atoms with Gasteiger partial charge in [-0.25, -0.2) is 0 Å². The quantitative estimate of drug-likeness (QED) is 0.463. The van der Waals surface area contributed by atoms with Crippen LogP contribution in [0.1, 0.15) is 29.8 Å². The largest absolute Gasteiger partial charge is 0.488 e. The van der Waals surface area contributed by atoms with Crippen LogP contribution in [0.4, 0.5) is 5.69 Å². The number of ether oxygens (including phenoxy) is 1. The van der Waals surface area contributed by atoms with Crippen LogP contribution in [0, 0.1) is 10.1 Å². The Labute approximate surface area is 121 Å². The van der Waals surface area contributed by atoms with Gasteiger partial charge in [0, 0.05) is 30.4 Å². The van der Waals surface area contributed by atoms with Gasteiger partial charge in [0.05, 0.1) is 16.7 Å². The van der Waals surface area contributed by atoms with E-state index < -0.39 is 4.92 Å². The molecule has 0 aliphatic rings. The van der Waals surface area contributed by atoms with Crippen molar-refractivity contribution < 1.29 is 14.5 Å². The molecule has 0 aliphatic carbocycles. The second-order valence-electron chi connectivity index (χ2n) is 4.49. The Morgan fingerprint density at radius 2 is 2.24 bits per heavy atom. The lowest BCUT2D eigenvalue weighted by molar-refractivity contribution is -0.384. The van der Waals surface area contributed by atoms with Gasteiger partial charge in [-0.3, -0.25) is 19.6 Å². The molecule has 0 bridgehead atoms. The summed E-state index contributed by atoms with van der Waals surface area (Å²) in [7, 11) is 0. The highest BCUT2D eigenvalue weighted by atomic mass is 16.6. The van der Waals surface area contributed by atoms with Crippen LogP contribution in [0.2, 0.25) is 0 Å². The van der Waals surface area contributed by atoms with Gasteiger partial charge in [0.2, 0.25) is 0 Å². The molecule has 2 aromatic rings. The molecule has 0 spiro atoms. The molecule has 0 saturated carbocycles. The zero-order valence-electron chi connectivity index (χ0n) is 11.8. The molecule has 21 heavy (non-hydrogen) atoms. The van der Waals surface area contributed by atoms with E-state index in [0.717, 1.165) is 12.1 Å². The molecule has 110 valence electrons. The van der Waals surface area contributed by atoms with Crippen LogP contribution in [-0.4, -0.2) is 20.5 Å². The number of ketones is 1. The molecule has 2 rings (SSSR count). The van der Waals surface area contributed by atoms with Gasteiger partial charge in [0.15, 0.2) is 5.78 Å². The standard InChI is InChI=1S/C14H15N3O4/c1-3-16-8-11(7-15-16)9-21-14-5-4-12(17(19)20)6-13(14)10(2)18/h4-8H,3,9H2,1-2H3. The van der Waals surface area contributed by atoms with Gasteiger partial charge in [-0.15, -0.1) is 0 Å². The fraction of sp³-hybridized carbons (Fsp3) is 0.286. The number of nitrogens with zero attached hydrogens (tertiary/aromatic N) is 3. The molecule has 0 N–H and O–H groups in total. The summed E-state index contributed by atoms with van der Waals surface area (Å²) < 4.78 is 7.34. The molecule has 1 aromatic carbocycles. The van der Waals surface area contributed by atoms with E-state index in [2.05, 4.69) is 5.10 Å². The topological polar surface area (TPSA) is 87.3 Å². The van der Waals surface area contributed by atoms with E-state index in [1.54, 1.807) is 10.9 Å². The lowest BCUT2D eigenvalue weighted by Crippen LogP contribution is -2.02. The first kappa shape index (κ1) is 14.7. The van der Waals surface area contributed by atoms with Crippen molar-refractivity contribution in [3.63, 3.8) is 0 Å². The van der Waals surface area contributed by atoms with E-state index in [1.165, 1.54) is 25.1 Å². The summed E-state index contributed by atoms with van der Waals surface area (Å²) in [4.78, 5) is 21.8. The fourth-order valence-corrected chi connectivity index (χ4v) is 1.85. The third-order valence-electron chi connectivity index (χ3n) is 2.96. The smallest absolute Gasteiger partial charge is 0.270 e. The molecule has 0 amide bonds. The molecule has 1 heterocycles. The van der Waals surface area contributed by atoms with Crippen molar-refractivity contribution in [3.05, 3.63) is 51.8 Å². The first-order chi connectivity index (χ1) is 10.0. The Balaban J connectivity index is 2.19. The average Bonchev–Trinajstić information content (AvgIpc) is 2.92. The van der Waals surface area contributed by atoms with Crippen LogP contribution in [0.5, 0.6) is 5.75 Å². The molecule has 0 atom stereocenters. The number of nitro groups is 1. The Hall–Kier alpha value is -2.70. The lowest BCUT2D eigenvalue weighted by atomic mass is 10.1. The number of carbonyl (C=O) groups is 1. The number of benzene rings is 1. The van der Waals surface area contributed by atoms with Gasteiger partial charge in [-0.05, 0) is 19.9 Å². The number of hydrogen-bond acceptors (Lipinski definition) is 5. The van der Waals surface area contributed by atoms with Crippen LogP contribution >= 0.6 is 0 Å². The molecule has 1 aromatic heterocycles. The van der Waals surface area contributed by atoms with Crippen molar-refractivity contribution in [2.24, 2.45) is 0 Å². The number of nitro benzene ring substituents is 1. The molecule has 0 fully saturated rings. The summed E-state index contributed by atoms with van der Waals surface area (Å²) in [5, 5.41) is 14.9. The molecular weight excluding hydrogens is 274 g/mol. The first-order valence-corrected chi connectivity index (χ1v) is 6.44. The molecule has 7 nitrogen and oxygen atoms in total. The molecule has 0 radical (unpaired) electrons. The number of aryl methyl sites for hydroxylation is 1. The zero-order chi connectivity index (χ0) is 15.4. The number of Topliss-reactive ketones (excluding diaryl/α,β-unsaturated/α-hetero) is 1. The van der Waals surface area contributed by atoms with Crippen molar-refractivity contribution in [2.75, 3.05) is 0 Å². The molecule has 0 aliphatic heterocycles. The van der Waals surface area contributed by atoms with Crippen LogP contribution < -0.4 is 4.74 Å². The van der Waals surface area contributed by atoms with E-state index in [9.17, 15) is 14.9 Å². The third-order valence-corrected chi connectivity index (χ3v) is 2.96. The summed E-state index contributed by atoms with van der Waals surface area (Å²) in [6.45, 7) is 4.33. The molecule has 0 unspecified atom stereocenters. The third kappa shape index (κ3) is 3.44. The summed E-state index contributed by atoms with van der Waals surface area (Å²) >= 11 is 0. The van der Waals surface area contributed by atoms with Gasteiger partial charge < -0.3 is 4.74 Å². The van der Waals surface area contributed by atoms with E-state index in [0.29, 0.717) is 5.75 Å². The van der Waals surface area contributed by atoms with Gasteiger partial charge in [-0.1, -0.05) is 0 Å². The van der Waals surface area contributed by atoms with Gasteiger partial charge >= 0.3 is 0 Å². The Kier molecular flexibility index (Phi) is 4.32. The van der Waals surface area contributed by atoms with Crippen LogP contribution in [0.25, 0.3) is 0 Å². The van der Waals surface area contributed by atoms with Crippen molar-refractivity contribution in [3.8, 4) is 5.75 Å². The fourth-order valence-electron chi connectivity index (χ4n) is 1.85. The number of carbonyl (C=O) groups excluding carboxylic acids is 1. The highest BCUT2D eigenvalue weighted by Gasteiger charge is 2.15. The number of aromatic nitrogens is 2. The summed E-state index contributed by atoms with van der Waals surface area (Å²) in [5.74, 6) is 0.0512. The monoisotopic (exact) mass is 289 g/mol. The van der Waals surface area contributed by atoms with Crippen molar-refractivity contribution in [1.82, 2.24) is 9.78 Å². The zero-order valence-corrected chi connectivity index (χ0v) is 11.8. The Morgan fingerprint density at radius 3 is 2.81 bits per heavy atom. The summed E-state index contributed by atoms with van der Waals surface area (Å²) in [6, 6.07) is 3.99. The minimum atomic E-state index is -0.540. The highest BCUT2D eigenvalue weighted by molar-refractivity contribution is 5.97. The number of hydrogen-bond donors (Lipinski definition) is 0. The van der Waals surface area contributed by atoms with E-state index in [-0.39, 0.29) is 23.6 Å². The Morgan fingerprint density at radius 1 is 1.48 bits per heavy atom. The van der Waals surface area contributed by atoms with Crippen LogP contribution in [-0.2, 0) is 13.2 Å². The van der Waals surface area contributed by atoms with Gasteiger partial charge in [0.1, 0.15) is 12.4 Å². The average molecular weight is 289 g/mol. The highest BCUT2D eigenvalue weighted by Crippen LogP contribution is 2.25. The van der Waals surface area contributed by atoms with Gasteiger partial charge in [0.25, 0.3) is 5.69 Å². The van der Waals surface area contributed by atoms with Crippen molar-refractivity contribution >= 4 is 11.5 Å². The maximum absolute atomic E-state index is 11.6. The summed E-state index contributed by atoms with van der Waals surface area (Å²) in [6.07, 6.45) is 3.53. The number of rotatable bonds is 6. The predicted octanol–water partition coefficient (Wildman–Crippen LogP) is 2.59. The maximum Gasteiger partial charge on any atom is 0.270 e. The molecule has 0 saturated heterocycles. The Bertz CT molecular complexity index is 679. The van der Waals surface area contributed by atoms with Crippen LogP contribution in [0.15, 0.2) is 30.6 Å². The predicted molar refractivity (Wildman–Crippen MR) is 75.3 cm³/mol. The minimum absolute atomic E-state index is 0.133. The second kappa shape index (κ2) is 6.17. The van der Waals surface area contributed by atoms with E-state index in [1.807, 2.05) is 13.1 Å². The number of non-ortho nitro benzene ring substituents is 1. The van der Waals surface area contributed by atoms with E-state index >= 15 is 0 Å². The van der Waals surface area contributed by atoms with E-state index in [4.69, 9.17) is 4.74 Å². The van der Waals surface area contributed by atoms with Crippen molar-refractivity contribution in [2.45, 2.75) is 27.0 Å². The SMILES string of the molecule is CCn1cc(COc2ccc([N+](=O)[O-])cc2C(C)=O)cn1. The maximum atomic E-state index is 11.6. The molecular formula is C14H15N3O4. The second-order valence-corrected chi connectivity index (χ2v) is 4.49. The minimum Gasteiger partial charge on any atom is -0.488 e. The summed E-state index contributed by atoms with van der Waals surface area (Å²) in [5.41, 5.74) is 0.933. The lowest BCUT2D eigenvalue weighted by Gasteiger charge is -2.08. The van der Waals surface area contributed by atoms with Gasteiger partial charge in [-0.2, -0.15) is 5.10 Å². The normalized spacial score (nSPS) is 10.4. The van der Waals surface area contributed by atoms with Crippen LogP contribution in [0.3, 0.4) is 0 Å².